The molecule has 1 rings (SSSR count). The molecule has 18 heavy (non-hydrogen) atoms. The van der Waals surface area contributed by atoms with Crippen LogP contribution >= 0.6 is 11.6 Å². The van der Waals surface area contributed by atoms with Crippen molar-refractivity contribution in [3.63, 3.8) is 0 Å². The summed E-state index contributed by atoms with van der Waals surface area (Å²) in [6.45, 7) is 5.49. The van der Waals surface area contributed by atoms with E-state index >= 15 is 0 Å². The van der Waals surface area contributed by atoms with Gasteiger partial charge in [-0.25, -0.2) is 0 Å². The van der Waals surface area contributed by atoms with Crippen molar-refractivity contribution in [2.75, 3.05) is 0 Å². The number of carbonyl (C=O) groups excluding carboxylic acids is 1. The van der Waals surface area contributed by atoms with Crippen LogP contribution in [0.1, 0.15) is 36.7 Å². The Hall–Kier alpha value is -1.11. The van der Waals surface area contributed by atoms with Gasteiger partial charge in [0.25, 0.3) is 0 Å². The van der Waals surface area contributed by atoms with E-state index in [1.807, 2.05) is 20.8 Å². The predicted octanol–water partition coefficient (Wildman–Crippen LogP) is 2.37. The first-order valence-corrected chi connectivity index (χ1v) is 6.81. The molecule has 0 saturated heterocycles. The lowest BCUT2D eigenvalue weighted by Crippen LogP contribution is -2.17. The van der Waals surface area contributed by atoms with Crippen molar-refractivity contribution in [2.24, 2.45) is 0 Å². The van der Waals surface area contributed by atoms with E-state index in [0.717, 1.165) is 0 Å². The molecule has 0 unspecified atom stereocenters. The van der Waals surface area contributed by atoms with Gasteiger partial charge in [-0.1, -0.05) is 32.4 Å². The zero-order valence-electron chi connectivity index (χ0n) is 10.1. The second kappa shape index (κ2) is 4.53. The fraction of sp³-hybridized carbons (Fsp3) is 0.364. The second-order valence-electron chi connectivity index (χ2n) is 4.87. The maximum absolute atomic E-state index is 11.5. The van der Waals surface area contributed by atoms with Crippen molar-refractivity contribution in [1.29, 1.82) is 0 Å². The Balaban J connectivity index is 3.55. The molecule has 0 radical (unpaired) electrons. The number of halogens is 1. The Morgan fingerprint density at radius 3 is 2.17 bits per heavy atom. The minimum Gasteiger partial charge on any atom is -0.506 e. The number of benzene rings is 1. The molecule has 1 aromatic rings. The minimum atomic E-state index is -4.91. The average Bonchev–Trinajstić information content (AvgIpc) is 2.17. The van der Waals surface area contributed by atoms with Gasteiger partial charge in [0.2, 0.25) is 0 Å². The van der Waals surface area contributed by atoms with E-state index in [9.17, 15) is 18.3 Å². The highest BCUT2D eigenvalue weighted by atomic mass is 35.5. The minimum absolute atomic E-state index is 0.144. The normalized spacial score (nSPS) is 12.5. The van der Waals surface area contributed by atoms with E-state index < -0.39 is 32.0 Å². The Kier molecular flexibility index (Phi) is 3.76. The number of aromatic hydroxyl groups is 1. The number of carbonyl (C=O) groups is 1. The van der Waals surface area contributed by atoms with Crippen LogP contribution in [0.3, 0.4) is 0 Å². The van der Waals surface area contributed by atoms with Crippen molar-refractivity contribution < 1.29 is 22.9 Å². The first-order chi connectivity index (χ1) is 7.94. The molecule has 0 saturated carbocycles. The summed E-state index contributed by atoms with van der Waals surface area (Å²) in [4.78, 5) is 11.5. The van der Waals surface area contributed by atoms with E-state index in [1.54, 1.807) is 0 Å². The van der Waals surface area contributed by atoms with Gasteiger partial charge in [0, 0.05) is 0 Å². The van der Waals surface area contributed by atoms with Crippen molar-refractivity contribution in [3.05, 3.63) is 28.3 Å². The Morgan fingerprint density at radius 2 is 1.78 bits per heavy atom. The smallest absolute Gasteiger partial charge is 0.333 e. The summed E-state index contributed by atoms with van der Waals surface area (Å²) in [5.41, 5.74) is -0.363. The molecule has 0 aliphatic rings. The van der Waals surface area contributed by atoms with Gasteiger partial charge in [-0.05, 0) is 23.1 Å². The average molecular weight is 293 g/mol. The Morgan fingerprint density at radius 1 is 1.28 bits per heavy atom. The van der Waals surface area contributed by atoms with Gasteiger partial charge in [-0.3, -0.25) is 9.35 Å². The van der Waals surface area contributed by atoms with Crippen LogP contribution in [0.2, 0.25) is 5.02 Å². The predicted molar refractivity (Wildman–Crippen MR) is 67.7 cm³/mol. The van der Waals surface area contributed by atoms with E-state index in [4.69, 9.17) is 16.2 Å². The van der Waals surface area contributed by atoms with Crippen LogP contribution in [0.25, 0.3) is 0 Å². The molecule has 0 heterocycles. The summed E-state index contributed by atoms with van der Waals surface area (Å²) in [6.07, 6.45) is 0. The molecule has 0 bridgehead atoms. The Bertz CT molecular complexity index is 599. The van der Waals surface area contributed by atoms with Crippen molar-refractivity contribution >= 4 is 26.8 Å². The van der Waals surface area contributed by atoms with Crippen LogP contribution in [0.4, 0.5) is 0 Å². The maximum atomic E-state index is 11.5. The lowest BCUT2D eigenvalue weighted by atomic mass is 9.86. The number of hydrogen-bond acceptors (Lipinski definition) is 4. The fourth-order valence-corrected chi connectivity index (χ4v) is 1.98. The molecule has 0 atom stereocenters. The summed E-state index contributed by atoms with van der Waals surface area (Å²) >= 11 is 5.74. The topological polar surface area (TPSA) is 91.7 Å². The molecule has 0 aliphatic carbocycles. The number of rotatable bonds is 1. The molecule has 0 amide bonds. The molecule has 7 heteroatoms. The SMILES string of the molecule is CC(C)(C)c1cc(Cl)c(O)c(C(=O)S(=O)(=O)O)c1. The third-order valence-electron chi connectivity index (χ3n) is 2.38. The van der Waals surface area contributed by atoms with Crippen LogP contribution in [0.15, 0.2) is 12.1 Å². The highest BCUT2D eigenvalue weighted by Crippen LogP contribution is 2.34. The van der Waals surface area contributed by atoms with Crippen LogP contribution in [0, 0.1) is 0 Å². The van der Waals surface area contributed by atoms with Gasteiger partial charge >= 0.3 is 15.2 Å². The lowest BCUT2D eigenvalue weighted by molar-refractivity contribution is 0.106. The zero-order chi connectivity index (χ0) is 14.3. The highest BCUT2D eigenvalue weighted by Gasteiger charge is 2.27. The van der Waals surface area contributed by atoms with Crippen LogP contribution < -0.4 is 0 Å². The molecule has 0 fully saturated rings. The van der Waals surface area contributed by atoms with Crippen molar-refractivity contribution in [2.45, 2.75) is 26.2 Å². The zero-order valence-corrected chi connectivity index (χ0v) is 11.6. The standard InChI is InChI=1S/C11H13ClO5S/c1-11(2,3)6-4-7(9(13)8(12)5-6)10(14)18(15,16)17/h4-5,13H,1-3H3,(H,15,16,17). The molecule has 100 valence electrons. The molecular weight excluding hydrogens is 280 g/mol. The summed E-state index contributed by atoms with van der Waals surface area (Å²) in [6, 6.07) is 2.65. The van der Waals surface area contributed by atoms with E-state index in [1.165, 1.54) is 12.1 Å². The summed E-state index contributed by atoms with van der Waals surface area (Å²) in [7, 11) is -4.91. The molecule has 5 nitrogen and oxygen atoms in total. The monoisotopic (exact) mass is 292 g/mol. The first-order valence-electron chi connectivity index (χ1n) is 4.99. The maximum Gasteiger partial charge on any atom is 0.333 e. The van der Waals surface area contributed by atoms with Crippen molar-refractivity contribution in [3.8, 4) is 5.75 Å². The largest absolute Gasteiger partial charge is 0.506 e. The third kappa shape index (κ3) is 3.01. The van der Waals surface area contributed by atoms with Gasteiger partial charge in [0.1, 0.15) is 5.75 Å². The molecule has 0 aromatic heterocycles. The van der Waals surface area contributed by atoms with Gasteiger partial charge in [-0.15, -0.1) is 0 Å². The van der Waals surface area contributed by atoms with E-state index in [2.05, 4.69) is 0 Å². The molecule has 1 aromatic carbocycles. The summed E-state index contributed by atoms with van der Waals surface area (Å²) < 4.78 is 30.3. The molecule has 2 N–H and O–H groups in total. The van der Waals surface area contributed by atoms with Gasteiger partial charge in [0.05, 0.1) is 10.6 Å². The number of phenolic OH excluding ortho intramolecular Hbond substituents is 1. The van der Waals surface area contributed by atoms with Crippen molar-refractivity contribution in [1.82, 2.24) is 0 Å². The Labute approximate surface area is 110 Å². The van der Waals surface area contributed by atoms with Crippen LogP contribution in [0.5, 0.6) is 5.75 Å². The fourth-order valence-electron chi connectivity index (χ4n) is 1.33. The molecule has 0 spiro atoms. The van der Waals surface area contributed by atoms with Crippen LogP contribution in [-0.2, 0) is 15.5 Å². The lowest BCUT2D eigenvalue weighted by Gasteiger charge is -2.20. The first kappa shape index (κ1) is 14.9. The van der Waals surface area contributed by atoms with Crippen LogP contribution in [-0.4, -0.2) is 23.2 Å². The number of phenols is 1. The molecule has 0 aliphatic heterocycles. The summed E-state index contributed by atoms with van der Waals surface area (Å²) in [5.74, 6) is -0.660. The van der Waals surface area contributed by atoms with E-state index in [-0.39, 0.29) is 5.02 Å². The molecular formula is C11H13ClO5S. The number of hydrogen-bond donors (Lipinski definition) is 2. The highest BCUT2D eigenvalue weighted by molar-refractivity contribution is 8.01. The van der Waals surface area contributed by atoms with Gasteiger partial charge in [0.15, 0.2) is 0 Å². The third-order valence-corrected chi connectivity index (χ3v) is 3.36. The van der Waals surface area contributed by atoms with Gasteiger partial charge < -0.3 is 5.11 Å². The van der Waals surface area contributed by atoms with E-state index in [0.29, 0.717) is 5.56 Å². The second-order valence-corrected chi connectivity index (χ2v) is 6.59. The quantitative estimate of drug-likeness (QED) is 0.775. The summed E-state index contributed by atoms with van der Waals surface area (Å²) in [5, 5.41) is 7.87. The van der Waals surface area contributed by atoms with Gasteiger partial charge in [-0.2, -0.15) is 8.42 Å².